The van der Waals surface area contributed by atoms with E-state index in [1.54, 1.807) is 0 Å². The van der Waals surface area contributed by atoms with Crippen LogP contribution in [0.3, 0.4) is 0 Å². The molecule has 5 heteroatoms. The first-order chi connectivity index (χ1) is 6.24. The molecule has 0 aliphatic rings. The van der Waals surface area contributed by atoms with E-state index in [0.29, 0.717) is 12.1 Å². The van der Waals surface area contributed by atoms with Crippen LogP contribution in [0.5, 0.6) is 0 Å². The molecule has 0 bridgehead atoms. The van der Waals surface area contributed by atoms with Gasteiger partial charge in [0, 0.05) is 12.2 Å². The Balaban J connectivity index is 2.81. The highest BCUT2D eigenvalue weighted by Crippen LogP contribution is 2.11. The molecule has 1 rings (SSSR count). The molecule has 68 valence electrons. The molecular formula is C8H8ClN3S. The van der Waals surface area contributed by atoms with E-state index >= 15 is 0 Å². The fourth-order valence-corrected chi connectivity index (χ4v) is 0.897. The second kappa shape index (κ2) is 4.95. The Morgan fingerprint density at radius 1 is 1.62 bits per heavy atom. The highest BCUT2D eigenvalue weighted by molar-refractivity contribution is 7.80. The number of nitrogens with two attached hydrogens (primary N) is 1. The van der Waals surface area contributed by atoms with Crippen LogP contribution in [0.2, 0.25) is 5.15 Å². The summed E-state index contributed by atoms with van der Waals surface area (Å²) in [6, 6.07) is 0. The average molecular weight is 214 g/mol. The minimum atomic E-state index is 0.192. The van der Waals surface area contributed by atoms with Crippen LogP contribution >= 0.6 is 24.2 Å². The SMILES string of the molecule is Nc1ncc(C#CCCS)nc1Cl. The third kappa shape index (κ3) is 3.13. The van der Waals surface area contributed by atoms with Gasteiger partial charge in [0.05, 0.1) is 6.20 Å². The number of thiol groups is 1. The quantitative estimate of drug-likeness (QED) is 0.548. The highest BCUT2D eigenvalue weighted by Gasteiger charge is 1.98. The Kier molecular flexibility index (Phi) is 3.87. The summed E-state index contributed by atoms with van der Waals surface area (Å²) in [5.74, 6) is 6.62. The van der Waals surface area contributed by atoms with Crippen LogP contribution in [0, 0.1) is 11.8 Å². The topological polar surface area (TPSA) is 51.8 Å². The van der Waals surface area contributed by atoms with Gasteiger partial charge >= 0.3 is 0 Å². The van der Waals surface area contributed by atoms with Crippen LogP contribution < -0.4 is 5.73 Å². The van der Waals surface area contributed by atoms with Crippen LogP contribution in [0.15, 0.2) is 6.20 Å². The molecule has 0 saturated carbocycles. The molecule has 0 aliphatic heterocycles. The van der Waals surface area contributed by atoms with Gasteiger partial charge in [0.2, 0.25) is 0 Å². The second-order valence-corrected chi connectivity index (χ2v) is 3.01. The fourth-order valence-electron chi connectivity index (χ4n) is 0.645. The number of nitrogen functional groups attached to an aromatic ring is 1. The first-order valence-corrected chi connectivity index (χ1v) is 4.63. The molecule has 1 aromatic rings. The maximum absolute atomic E-state index is 5.65. The number of anilines is 1. The van der Waals surface area contributed by atoms with Crippen molar-refractivity contribution in [1.29, 1.82) is 0 Å². The zero-order valence-electron chi connectivity index (χ0n) is 6.79. The summed E-state index contributed by atoms with van der Waals surface area (Å²) in [7, 11) is 0. The minimum absolute atomic E-state index is 0.192. The van der Waals surface area contributed by atoms with E-state index in [9.17, 15) is 0 Å². The molecule has 1 aromatic heterocycles. The largest absolute Gasteiger partial charge is 0.381 e. The van der Waals surface area contributed by atoms with Gasteiger partial charge in [-0.25, -0.2) is 9.97 Å². The van der Waals surface area contributed by atoms with Gasteiger partial charge in [0.1, 0.15) is 5.69 Å². The summed E-state index contributed by atoms with van der Waals surface area (Å²) < 4.78 is 0. The number of hydrogen-bond donors (Lipinski definition) is 2. The predicted octanol–water partition coefficient (Wildman–Crippen LogP) is 1.38. The lowest BCUT2D eigenvalue weighted by atomic mass is 10.4. The van der Waals surface area contributed by atoms with Crippen LogP contribution in [-0.4, -0.2) is 15.7 Å². The Hall–Kier alpha value is -0.920. The Labute approximate surface area is 87.1 Å². The van der Waals surface area contributed by atoms with Gasteiger partial charge in [0.25, 0.3) is 0 Å². The molecule has 0 fully saturated rings. The molecule has 0 atom stereocenters. The number of hydrogen-bond acceptors (Lipinski definition) is 4. The van der Waals surface area contributed by atoms with Crippen LogP contribution in [0.4, 0.5) is 5.82 Å². The summed E-state index contributed by atoms with van der Waals surface area (Å²) in [6.45, 7) is 0. The van der Waals surface area contributed by atoms with E-state index < -0.39 is 0 Å². The van der Waals surface area contributed by atoms with E-state index in [1.165, 1.54) is 6.20 Å². The van der Waals surface area contributed by atoms with Gasteiger partial charge in [-0.2, -0.15) is 12.6 Å². The van der Waals surface area contributed by atoms with Crippen molar-refractivity contribution >= 4 is 30.0 Å². The Morgan fingerprint density at radius 3 is 3.00 bits per heavy atom. The standard InChI is InChI=1S/C8H8ClN3S/c9-7-8(10)11-5-6(12-7)3-1-2-4-13/h5,13H,2,4H2,(H2,10,11). The molecule has 0 spiro atoms. The van der Waals surface area contributed by atoms with Crippen molar-refractivity contribution in [3.05, 3.63) is 17.0 Å². The molecule has 13 heavy (non-hydrogen) atoms. The monoisotopic (exact) mass is 213 g/mol. The molecule has 2 N–H and O–H groups in total. The Morgan fingerprint density at radius 2 is 2.38 bits per heavy atom. The molecule has 0 amide bonds. The lowest BCUT2D eigenvalue weighted by molar-refractivity contribution is 1.18. The fraction of sp³-hybridized carbons (Fsp3) is 0.250. The summed E-state index contributed by atoms with van der Waals surface area (Å²) in [5.41, 5.74) is 5.91. The normalized spacial score (nSPS) is 9.08. The van der Waals surface area contributed by atoms with Crippen molar-refractivity contribution in [2.75, 3.05) is 11.5 Å². The summed E-state index contributed by atoms with van der Waals surface area (Å²) in [5, 5.41) is 0.192. The third-order valence-electron chi connectivity index (χ3n) is 1.21. The van der Waals surface area contributed by atoms with E-state index in [4.69, 9.17) is 17.3 Å². The zero-order chi connectivity index (χ0) is 9.68. The molecule has 0 saturated heterocycles. The number of halogens is 1. The van der Waals surface area contributed by atoms with Gasteiger partial charge in [-0.15, -0.1) is 0 Å². The number of nitrogens with zero attached hydrogens (tertiary/aromatic N) is 2. The van der Waals surface area contributed by atoms with Crippen LogP contribution in [0.1, 0.15) is 12.1 Å². The first-order valence-electron chi connectivity index (χ1n) is 3.62. The van der Waals surface area contributed by atoms with Crippen molar-refractivity contribution < 1.29 is 0 Å². The van der Waals surface area contributed by atoms with E-state index in [1.807, 2.05) is 0 Å². The number of rotatable bonds is 1. The van der Waals surface area contributed by atoms with E-state index in [2.05, 4.69) is 34.4 Å². The van der Waals surface area contributed by atoms with Crippen molar-refractivity contribution in [3.63, 3.8) is 0 Å². The van der Waals surface area contributed by atoms with Crippen molar-refractivity contribution in [2.24, 2.45) is 0 Å². The smallest absolute Gasteiger partial charge is 0.172 e. The second-order valence-electron chi connectivity index (χ2n) is 2.21. The van der Waals surface area contributed by atoms with Crippen molar-refractivity contribution in [2.45, 2.75) is 6.42 Å². The summed E-state index contributed by atoms with van der Waals surface area (Å²) >= 11 is 9.66. The van der Waals surface area contributed by atoms with Crippen LogP contribution in [-0.2, 0) is 0 Å². The maximum Gasteiger partial charge on any atom is 0.172 e. The summed E-state index contributed by atoms with van der Waals surface area (Å²) in [6.07, 6.45) is 2.21. The van der Waals surface area contributed by atoms with Gasteiger partial charge in [-0.05, 0) is 5.92 Å². The van der Waals surface area contributed by atoms with Crippen molar-refractivity contribution in [1.82, 2.24) is 9.97 Å². The molecule has 3 nitrogen and oxygen atoms in total. The van der Waals surface area contributed by atoms with Gasteiger partial charge in [-0.1, -0.05) is 17.5 Å². The van der Waals surface area contributed by atoms with E-state index in [-0.39, 0.29) is 11.0 Å². The highest BCUT2D eigenvalue weighted by atomic mass is 35.5. The van der Waals surface area contributed by atoms with Gasteiger partial charge < -0.3 is 5.73 Å². The van der Waals surface area contributed by atoms with Gasteiger partial charge in [-0.3, -0.25) is 0 Å². The molecule has 0 unspecified atom stereocenters. The molecule has 0 aliphatic carbocycles. The van der Waals surface area contributed by atoms with Crippen LogP contribution in [0.25, 0.3) is 0 Å². The Bertz CT molecular complexity index is 356. The minimum Gasteiger partial charge on any atom is -0.381 e. The molecule has 0 aromatic carbocycles. The zero-order valence-corrected chi connectivity index (χ0v) is 8.44. The predicted molar refractivity (Wildman–Crippen MR) is 56.8 cm³/mol. The molecular weight excluding hydrogens is 206 g/mol. The lowest BCUT2D eigenvalue weighted by Crippen LogP contribution is -1.95. The average Bonchev–Trinajstić information content (AvgIpc) is 2.12. The van der Waals surface area contributed by atoms with Crippen molar-refractivity contribution in [3.8, 4) is 11.8 Å². The first kappa shape index (κ1) is 10.2. The third-order valence-corrected chi connectivity index (χ3v) is 1.71. The van der Waals surface area contributed by atoms with Gasteiger partial charge in [0.15, 0.2) is 11.0 Å². The summed E-state index contributed by atoms with van der Waals surface area (Å²) in [4.78, 5) is 7.74. The van der Waals surface area contributed by atoms with E-state index in [0.717, 1.165) is 5.75 Å². The maximum atomic E-state index is 5.65. The molecule has 0 radical (unpaired) electrons. The number of aromatic nitrogens is 2. The molecule has 1 heterocycles. The lowest BCUT2D eigenvalue weighted by Gasteiger charge is -1.94.